The summed E-state index contributed by atoms with van der Waals surface area (Å²) in [7, 11) is -3.68. The number of hydrogen-bond acceptors (Lipinski definition) is 5. The van der Waals surface area contributed by atoms with Crippen molar-refractivity contribution in [3.8, 4) is 5.75 Å². The molecule has 1 fully saturated rings. The summed E-state index contributed by atoms with van der Waals surface area (Å²) >= 11 is 0. The van der Waals surface area contributed by atoms with E-state index in [0.29, 0.717) is 36.7 Å². The summed E-state index contributed by atoms with van der Waals surface area (Å²) in [4.78, 5) is 26.3. The Bertz CT molecular complexity index is 1070. The van der Waals surface area contributed by atoms with Crippen LogP contribution in [0.4, 0.5) is 17.1 Å². The van der Waals surface area contributed by atoms with Crippen LogP contribution in [-0.2, 0) is 19.6 Å². The van der Waals surface area contributed by atoms with Gasteiger partial charge in [-0.1, -0.05) is 0 Å². The van der Waals surface area contributed by atoms with Crippen molar-refractivity contribution in [1.82, 2.24) is 0 Å². The maximum absolute atomic E-state index is 12.6. The van der Waals surface area contributed by atoms with Crippen molar-refractivity contribution < 1.29 is 22.7 Å². The lowest BCUT2D eigenvalue weighted by Gasteiger charge is -2.22. The van der Waals surface area contributed by atoms with E-state index in [2.05, 4.69) is 5.32 Å². The molecule has 0 radical (unpaired) electrons. The number of nitrogens with one attached hydrogen (secondary N) is 1. The van der Waals surface area contributed by atoms with E-state index in [1.807, 2.05) is 13.8 Å². The molecule has 0 spiro atoms. The smallest absolute Gasteiger partial charge is 0.245 e. The van der Waals surface area contributed by atoms with Crippen LogP contribution in [0.25, 0.3) is 0 Å². The second-order valence-corrected chi connectivity index (χ2v) is 9.30. The third-order valence-electron chi connectivity index (χ3n) is 4.97. The van der Waals surface area contributed by atoms with Crippen LogP contribution < -0.4 is 19.3 Å². The quantitative estimate of drug-likeness (QED) is 0.674. The van der Waals surface area contributed by atoms with Gasteiger partial charge in [-0.25, -0.2) is 8.42 Å². The van der Waals surface area contributed by atoms with Crippen molar-refractivity contribution >= 4 is 38.9 Å². The first-order valence-electron chi connectivity index (χ1n) is 10.1. The number of hydrogen-bond donors (Lipinski definition) is 1. The van der Waals surface area contributed by atoms with Crippen molar-refractivity contribution in [1.29, 1.82) is 0 Å². The van der Waals surface area contributed by atoms with E-state index in [9.17, 15) is 18.0 Å². The molecule has 1 saturated heterocycles. The standard InChI is InChI=1S/C22H27N3O5S/c1-4-30-19-10-8-18(9-11-19)25(31(3,28)29)15-21(26)23-17-7-12-20(16(2)14-17)24-13-5-6-22(24)27/h7-12,14H,4-6,13,15H2,1-3H3,(H,23,26). The minimum absolute atomic E-state index is 0.0963. The van der Waals surface area contributed by atoms with Gasteiger partial charge in [0.25, 0.3) is 0 Å². The number of carbonyl (C=O) groups excluding carboxylic acids is 2. The Hall–Kier alpha value is -3.07. The highest BCUT2D eigenvalue weighted by Crippen LogP contribution is 2.28. The number of sulfonamides is 1. The van der Waals surface area contributed by atoms with E-state index in [1.165, 1.54) is 0 Å². The first-order chi connectivity index (χ1) is 14.7. The zero-order valence-electron chi connectivity index (χ0n) is 17.9. The van der Waals surface area contributed by atoms with Gasteiger partial charge in [-0.3, -0.25) is 13.9 Å². The molecule has 1 N–H and O–H groups in total. The highest BCUT2D eigenvalue weighted by molar-refractivity contribution is 7.92. The molecule has 0 bridgehead atoms. The van der Waals surface area contributed by atoms with Crippen molar-refractivity contribution in [2.24, 2.45) is 0 Å². The third-order valence-corrected chi connectivity index (χ3v) is 6.11. The number of rotatable bonds is 8. The second kappa shape index (κ2) is 9.38. The molecular weight excluding hydrogens is 418 g/mol. The van der Waals surface area contributed by atoms with Gasteiger partial charge in [-0.05, 0) is 68.3 Å². The number of nitrogens with zero attached hydrogens (tertiary/aromatic N) is 2. The van der Waals surface area contributed by atoms with E-state index in [0.717, 1.165) is 28.2 Å². The Kier molecular flexibility index (Phi) is 6.84. The molecule has 0 aromatic heterocycles. The molecule has 2 aromatic rings. The molecule has 0 aliphatic carbocycles. The number of amides is 2. The molecule has 0 unspecified atom stereocenters. The molecular formula is C22H27N3O5S. The van der Waals surface area contributed by atoms with Crippen molar-refractivity contribution in [3.05, 3.63) is 48.0 Å². The van der Waals surface area contributed by atoms with Crippen LogP contribution in [0.3, 0.4) is 0 Å². The molecule has 8 nitrogen and oxygen atoms in total. The third kappa shape index (κ3) is 5.55. The number of benzene rings is 2. The van der Waals surface area contributed by atoms with Crippen LogP contribution in [-0.4, -0.2) is 46.2 Å². The fourth-order valence-corrected chi connectivity index (χ4v) is 4.40. The maximum atomic E-state index is 12.6. The van der Waals surface area contributed by atoms with Crippen molar-refractivity contribution in [2.75, 3.05) is 40.5 Å². The van der Waals surface area contributed by atoms with Gasteiger partial charge in [0.1, 0.15) is 12.3 Å². The topological polar surface area (TPSA) is 96.0 Å². The molecule has 0 atom stereocenters. The monoisotopic (exact) mass is 445 g/mol. The molecule has 2 aromatic carbocycles. The van der Waals surface area contributed by atoms with Gasteiger partial charge in [-0.15, -0.1) is 0 Å². The van der Waals surface area contributed by atoms with Gasteiger partial charge >= 0.3 is 0 Å². The van der Waals surface area contributed by atoms with Crippen LogP contribution in [0.1, 0.15) is 25.3 Å². The summed E-state index contributed by atoms with van der Waals surface area (Å²) in [6.45, 7) is 4.56. The predicted molar refractivity (Wildman–Crippen MR) is 121 cm³/mol. The second-order valence-electron chi connectivity index (χ2n) is 7.39. The Morgan fingerprint density at radius 3 is 2.45 bits per heavy atom. The van der Waals surface area contributed by atoms with E-state index < -0.39 is 15.9 Å². The summed E-state index contributed by atoms with van der Waals surface area (Å²) in [6, 6.07) is 11.8. The van der Waals surface area contributed by atoms with Crippen LogP contribution in [0.5, 0.6) is 5.75 Å². The summed E-state index contributed by atoms with van der Waals surface area (Å²) in [5, 5.41) is 2.74. The Morgan fingerprint density at radius 1 is 1.19 bits per heavy atom. The van der Waals surface area contributed by atoms with Crippen molar-refractivity contribution in [2.45, 2.75) is 26.7 Å². The lowest BCUT2D eigenvalue weighted by Crippen LogP contribution is -2.37. The molecule has 31 heavy (non-hydrogen) atoms. The van der Waals surface area contributed by atoms with Gasteiger partial charge in [0, 0.05) is 24.3 Å². The minimum atomic E-state index is -3.68. The lowest BCUT2D eigenvalue weighted by molar-refractivity contribution is -0.117. The van der Waals surface area contributed by atoms with Crippen molar-refractivity contribution in [3.63, 3.8) is 0 Å². The highest BCUT2D eigenvalue weighted by atomic mass is 32.2. The highest BCUT2D eigenvalue weighted by Gasteiger charge is 2.24. The van der Waals surface area contributed by atoms with E-state index in [-0.39, 0.29) is 12.5 Å². The first-order valence-corrected chi connectivity index (χ1v) is 12.0. The summed E-state index contributed by atoms with van der Waals surface area (Å²) in [5.74, 6) is 0.249. The first kappa shape index (κ1) is 22.6. The predicted octanol–water partition coefficient (Wildman–Crippen LogP) is 2.93. The largest absolute Gasteiger partial charge is 0.494 e. The zero-order valence-corrected chi connectivity index (χ0v) is 18.7. The molecule has 3 rings (SSSR count). The number of aryl methyl sites for hydroxylation is 1. The van der Waals surface area contributed by atoms with E-state index in [1.54, 1.807) is 47.4 Å². The van der Waals surface area contributed by atoms with Gasteiger partial charge in [-0.2, -0.15) is 0 Å². The van der Waals surface area contributed by atoms with Crippen LogP contribution in [0.15, 0.2) is 42.5 Å². The summed E-state index contributed by atoms with van der Waals surface area (Å²) < 4.78 is 31.0. The average molecular weight is 446 g/mol. The van der Waals surface area contributed by atoms with Gasteiger partial charge < -0.3 is 15.0 Å². The lowest BCUT2D eigenvalue weighted by atomic mass is 10.1. The fraction of sp³-hybridized carbons (Fsp3) is 0.364. The molecule has 1 aliphatic heterocycles. The summed E-state index contributed by atoms with van der Waals surface area (Å²) in [6.07, 6.45) is 2.44. The van der Waals surface area contributed by atoms with Gasteiger partial charge in [0.05, 0.1) is 18.6 Å². The maximum Gasteiger partial charge on any atom is 0.245 e. The van der Waals surface area contributed by atoms with Gasteiger partial charge in [0.2, 0.25) is 21.8 Å². The molecule has 1 aliphatic rings. The number of ether oxygens (including phenoxy) is 1. The number of carbonyl (C=O) groups is 2. The Morgan fingerprint density at radius 2 is 1.90 bits per heavy atom. The number of anilines is 3. The molecule has 2 amide bonds. The van der Waals surface area contributed by atoms with E-state index >= 15 is 0 Å². The molecule has 1 heterocycles. The normalized spacial score (nSPS) is 13.9. The molecule has 166 valence electrons. The summed E-state index contributed by atoms with van der Waals surface area (Å²) in [5.41, 5.74) is 2.60. The Labute approximate surface area is 182 Å². The zero-order chi connectivity index (χ0) is 22.6. The molecule has 9 heteroatoms. The minimum Gasteiger partial charge on any atom is -0.494 e. The SMILES string of the molecule is CCOc1ccc(N(CC(=O)Nc2ccc(N3CCCC3=O)c(C)c2)S(C)(=O)=O)cc1. The fourth-order valence-electron chi connectivity index (χ4n) is 3.55. The average Bonchev–Trinajstić information content (AvgIpc) is 3.12. The van der Waals surface area contributed by atoms with E-state index in [4.69, 9.17) is 4.74 Å². The van der Waals surface area contributed by atoms with Crippen LogP contribution in [0, 0.1) is 6.92 Å². The van der Waals surface area contributed by atoms with Crippen LogP contribution in [0.2, 0.25) is 0 Å². The molecule has 0 saturated carbocycles. The van der Waals surface area contributed by atoms with Crippen LogP contribution >= 0.6 is 0 Å². The van der Waals surface area contributed by atoms with Gasteiger partial charge in [0.15, 0.2) is 0 Å². The Balaban J connectivity index is 1.72.